The second kappa shape index (κ2) is 6.71. The fourth-order valence-electron chi connectivity index (χ4n) is 6.90. The normalized spacial score (nSPS) is 50.2. The molecule has 3 aliphatic heterocycles. The summed E-state index contributed by atoms with van der Waals surface area (Å²) in [5, 5.41) is 4.37. The summed E-state index contributed by atoms with van der Waals surface area (Å²) in [5.74, 6) is 3.78. The van der Waals surface area contributed by atoms with Gasteiger partial charge in [0, 0.05) is 29.4 Å². The molecule has 6 atom stereocenters. The highest BCUT2D eigenvalue weighted by atomic mass is 35.5. The third kappa shape index (κ3) is 2.94. The van der Waals surface area contributed by atoms with Gasteiger partial charge < -0.3 is 5.32 Å². The van der Waals surface area contributed by atoms with E-state index < -0.39 is 0 Å². The van der Waals surface area contributed by atoms with Gasteiger partial charge in [0.1, 0.15) is 5.84 Å². The van der Waals surface area contributed by atoms with Gasteiger partial charge in [-0.2, -0.15) is 0 Å². The van der Waals surface area contributed by atoms with E-state index in [0.29, 0.717) is 23.4 Å². The Morgan fingerprint density at radius 3 is 2.60 bits per heavy atom. The Labute approximate surface area is 158 Å². The summed E-state index contributed by atoms with van der Waals surface area (Å²) in [4.78, 5) is 8.01. The Bertz CT molecular complexity index is 527. The molecule has 3 heterocycles. The predicted molar refractivity (Wildman–Crippen MR) is 104 cm³/mol. The summed E-state index contributed by atoms with van der Waals surface area (Å²) in [7, 11) is 2.38. The molecule has 3 nitrogen and oxygen atoms in total. The third-order valence-electron chi connectivity index (χ3n) is 8.31. The van der Waals surface area contributed by atoms with E-state index in [4.69, 9.17) is 16.6 Å². The first-order valence-electron chi connectivity index (χ1n) is 10.9. The third-order valence-corrected chi connectivity index (χ3v) is 8.74. The van der Waals surface area contributed by atoms with Crippen LogP contribution in [0.4, 0.5) is 0 Å². The van der Waals surface area contributed by atoms with E-state index in [1.165, 1.54) is 76.5 Å². The molecule has 4 fully saturated rings. The monoisotopic (exact) mass is 363 g/mol. The summed E-state index contributed by atoms with van der Waals surface area (Å²) in [5.41, 5.74) is 0. The van der Waals surface area contributed by atoms with E-state index in [1.807, 2.05) is 0 Å². The van der Waals surface area contributed by atoms with Crippen molar-refractivity contribution in [3.8, 4) is 0 Å². The van der Waals surface area contributed by atoms with E-state index in [0.717, 1.165) is 23.9 Å². The van der Waals surface area contributed by atoms with Gasteiger partial charge in [-0.05, 0) is 76.7 Å². The van der Waals surface area contributed by atoms with Crippen LogP contribution in [0.2, 0.25) is 0 Å². The molecule has 2 aliphatic carbocycles. The molecular weight excluding hydrogens is 330 g/mol. The van der Waals surface area contributed by atoms with Gasteiger partial charge >= 0.3 is 0 Å². The second-order valence-electron chi connectivity index (χ2n) is 9.52. The van der Waals surface area contributed by atoms with Gasteiger partial charge in [-0.15, -0.1) is 11.6 Å². The van der Waals surface area contributed by atoms with Crippen LogP contribution in [0, 0.1) is 17.8 Å². The lowest BCUT2D eigenvalue weighted by Gasteiger charge is -2.47. The van der Waals surface area contributed by atoms with E-state index in [-0.39, 0.29) is 0 Å². The average molecular weight is 364 g/mol. The minimum Gasteiger partial charge on any atom is -0.369 e. The molecule has 0 aromatic heterocycles. The van der Waals surface area contributed by atoms with Crippen molar-refractivity contribution in [2.45, 2.75) is 100 Å². The highest BCUT2D eigenvalue weighted by Gasteiger charge is 2.51. The van der Waals surface area contributed by atoms with E-state index in [9.17, 15) is 0 Å². The lowest BCUT2D eigenvalue weighted by atomic mass is 9.68. The fraction of sp³-hybridized carbons (Fsp3) is 0.952. The van der Waals surface area contributed by atoms with Gasteiger partial charge in [0.25, 0.3) is 0 Å². The first-order chi connectivity index (χ1) is 12.2. The number of fused-ring (bicyclic) bond motifs is 3. The van der Waals surface area contributed by atoms with Crippen molar-refractivity contribution in [1.29, 1.82) is 0 Å². The molecule has 0 aromatic rings. The first-order valence-corrected chi connectivity index (χ1v) is 11.3. The quantitative estimate of drug-likeness (QED) is 0.744. The molecule has 0 aromatic carbocycles. The van der Waals surface area contributed by atoms with Crippen molar-refractivity contribution in [2.24, 2.45) is 22.7 Å². The van der Waals surface area contributed by atoms with E-state index in [2.05, 4.69) is 17.3 Å². The van der Waals surface area contributed by atoms with Crippen molar-refractivity contribution in [3.05, 3.63) is 0 Å². The number of nitrogens with zero attached hydrogens (tertiary/aromatic N) is 2. The number of alkyl halides is 1. The standard InChI is InChI=1S/C21H34ClN3/c1-25-15-10-11-19(25)20(16(12-15)13-6-8-14(22)9-7-13)21-23-17-4-2-3-5-18(17)24-21/h13-20H,2-12H2,1H3,(H,23,24)/t13?,14?,15-,16-,17?,18?,19?,20+/m1/s1. The summed E-state index contributed by atoms with van der Waals surface area (Å²) in [6.45, 7) is 0. The minimum atomic E-state index is 0.433. The van der Waals surface area contributed by atoms with Crippen LogP contribution in [0.5, 0.6) is 0 Å². The topological polar surface area (TPSA) is 27.6 Å². The number of amidine groups is 1. The zero-order valence-electron chi connectivity index (χ0n) is 15.7. The number of rotatable bonds is 2. The Morgan fingerprint density at radius 2 is 1.80 bits per heavy atom. The molecule has 0 radical (unpaired) electrons. The van der Waals surface area contributed by atoms with Crippen LogP contribution < -0.4 is 5.32 Å². The molecular formula is C21H34ClN3. The van der Waals surface area contributed by atoms with Crippen LogP contribution >= 0.6 is 11.6 Å². The number of piperidine rings is 1. The molecule has 25 heavy (non-hydrogen) atoms. The Hall–Kier alpha value is -0.280. The van der Waals surface area contributed by atoms with Crippen molar-refractivity contribution >= 4 is 17.4 Å². The molecule has 0 amide bonds. The maximum absolute atomic E-state index is 6.42. The minimum absolute atomic E-state index is 0.433. The van der Waals surface area contributed by atoms with Crippen molar-refractivity contribution < 1.29 is 0 Å². The van der Waals surface area contributed by atoms with Gasteiger partial charge in [0.05, 0.1) is 6.04 Å². The van der Waals surface area contributed by atoms with Crippen LogP contribution in [-0.4, -0.2) is 47.3 Å². The maximum atomic E-state index is 6.42. The number of hydrogen-bond acceptors (Lipinski definition) is 3. The van der Waals surface area contributed by atoms with Gasteiger partial charge in [-0.3, -0.25) is 9.89 Å². The average Bonchev–Trinajstić information content (AvgIpc) is 3.14. The summed E-state index contributed by atoms with van der Waals surface area (Å²) < 4.78 is 0. The predicted octanol–water partition coefficient (Wildman–Crippen LogP) is 4.20. The van der Waals surface area contributed by atoms with Crippen LogP contribution in [0.1, 0.15) is 70.6 Å². The molecule has 2 bridgehead atoms. The highest BCUT2D eigenvalue weighted by Crippen LogP contribution is 2.49. The zero-order valence-corrected chi connectivity index (χ0v) is 16.4. The summed E-state index contributed by atoms with van der Waals surface area (Å²) in [6.07, 6.45) is 14.7. The molecule has 3 unspecified atom stereocenters. The largest absolute Gasteiger partial charge is 0.369 e. The summed E-state index contributed by atoms with van der Waals surface area (Å²) >= 11 is 6.42. The van der Waals surface area contributed by atoms with Gasteiger partial charge in [-0.1, -0.05) is 12.8 Å². The van der Waals surface area contributed by atoms with Gasteiger partial charge in [0.2, 0.25) is 0 Å². The highest BCUT2D eigenvalue weighted by molar-refractivity contribution is 6.20. The van der Waals surface area contributed by atoms with E-state index >= 15 is 0 Å². The maximum Gasteiger partial charge on any atom is 0.102 e. The van der Waals surface area contributed by atoms with Crippen molar-refractivity contribution in [3.63, 3.8) is 0 Å². The van der Waals surface area contributed by atoms with Crippen LogP contribution in [0.25, 0.3) is 0 Å². The number of aliphatic imine (C=N–C) groups is 1. The molecule has 0 spiro atoms. The molecule has 140 valence electrons. The van der Waals surface area contributed by atoms with Crippen LogP contribution in [0.3, 0.4) is 0 Å². The Morgan fingerprint density at radius 1 is 1.00 bits per heavy atom. The Kier molecular flexibility index (Phi) is 4.53. The van der Waals surface area contributed by atoms with Crippen molar-refractivity contribution in [1.82, 2.24) is 10.2 Å². The molecule has 5 aliphatic rings. The number of hydrogen-bond donors (Lipinski definition) is 1. The zero-order chi connectivity index (χ0) is 17.0. The van der Waals surface area contributed by atoms with Crippen molar-refractivity contribution in [2.75, 3.05) is 7.05 Å². The Balaban J connectivity index is 1.41. The second-order valence-corrected chi connectivity index (χ2v) is 10.1. The summed E-state index contributed by atoms with van der Waals surface area (Å²) in [6, 6.07) is 2.77. The number of nitrogens with one attached hydrogen (secondary N) is 1. The lowest BCUT2D eigenvalue weighted by molar-refractivity contribution is 0.0567. The smallest absolute Gasteiger partial charge is 0.102 e. The van der Waals surface area contributed by atoms with Gasteiger partial charge in [-0.25, -0.2) is 0 Å². The molecule has 2 saturated heterocycles. The fourth-order valence-corrected chi connectivity index (χ4v) is 7.16. The SMILES string of the molecule is CN1C2CC[C@@H]1C[C@H](C1CCC(Cl)CC1)[C@@H]2C1=NC2CCCCC2N1. The van der Waals surface area contributed by atoms with E-state index in [1.54, 1.807) is 0 Å². The van der Waals surface area contributed by atoms with Crippen LogP contribution in [-0.2, 0) is 0 Å². The molecule has 4 heteroatoms. The molecule has 1 N–H and O–H groups in total. The molecule has 5 rings (SSSR count). The van der Waals surface area contributed by atoms with Gasteiger partial charge in [0.15, 0.2) is 0 Å². The lowest BCUT2D eigenvalue weighted by Crippen LogP contribution is -2.54. The number of halogens is 1. The van der Waals surface area contributed by atoms with Crippen LogP contribution in [0.15, 0.2) is 4.99 Å². The molecule has 2 saturated carbocycles. The first kappa shape index (κ1) is 16.9.